The SMILES string of the molecule is CNC(=S)NCc1cc(C)nc(C)c1. The number of pyridine rings is 1. The van der Waals surface area contributed by atoms with Gasteiger partial charge in [-0.3, -0.25) is 4.98 Å². The summed E-state index contributed by atoms with van der Waals surface area (Å²) < 4.78 is 0. The van der Waals surface area contributed by atoms with Gasteiger partial charge < -0.3 is 10.6 Å². The molecule has 4 heteroatoms. The quantitative estimate of drug-likeness (QED) is 0.720. The van der Waals surface area contributed by atoms with E-state index in [9.17, 15) is 0 Å². The van der Waals surface area contributed by atoms with Gasteiger partial charge in [0.1, 0.15) is 0 Å². The topological polar surface area (TPSA) is 37.0 Å². The van der Waals surface area contributed by atoms with E-state index in [4.69, 9.17) is 12.2 Å². The van der Waals surface area contributed by atoms with Crippen LogP contribution in [0, 0.1) is 13.8 Å². The van der Waals surface area contributed by atoms with Crippen LogP contribution in [0.3, 0.4) is 0 Å². The van der Waals surface area contributed by atoms with Gasteiger partial charge in [-0.15, -0.1) is 0 Å². The second-order valence-electron chi connectivity index (χ2n) is 3.19. The molecular weight excluding hydrogens is 194 g/mol. The van der Waals surface area contributed by atoms with Crippen LogP contribution in [-0.2, 0) is 6.54 Å². The summed E-state index contributed by atoms with van der Waals surface area (Å²) in [4.78, 5) is 4.31. The summed E-state index contributed by atoms with van der Waals surface area (Å²) in [6.07, 6.45) is 0. The van der Waals surface area contributed by atoms with Crippen LogP contribution in [0.15, 0.2) is 12.1 Å². The molecule has 0 bridgehead atoms. The fraction of sp³-hybridized carbons (Fsp3) is 0.400. The van der Waals surface area contributed by atoms with Crippen LogP contribution in [0.2, 0.25) is 0 Å². The summed E-state index contributed by atoms with van der Waals surface area (Å²) in [7, 11) is 1.80. The zero-order valence-corrected chi connectivity index (χ0v) is 9.53. The van der Waals surface area contributed by atoms with E-state index >= 15 is 0 Å². The minimum Gasteiger partial charge on any atom is -0.366 e. The van der Waals surface area contributed by atoms with Crippen molar-refractivity contribution >= 4 is 17.3 Å². The lowest BCUT2D eigenvalue weighted by atomic mass is 10.2. The monoisotopic (exact) mass is 209 g/mol. The first-order valence-electron chi connectivity index (χ1n) is 4.51. The molecule has 0 saturated heterocycles. The van der Waals surface area contributed by atoms with Crippen LogP contribution in [-0.4, -0.2) is 17.1 Å². The van der Waals surface area contributed by atoms with Gasteiger partial charge in [0, 0.05) is 25.0 Å². The summed E-state index contributed by atoms with van der Waals surface area (Å²) in [5, 5.41) is 6.63. The van der Waals surface area contributed by atoms with E-state index in [1.165, 1.54) is 5.56 Å². The summed E-state index contributed by atoms with van der Waals surface area (Å²) in [6.45, 7) is 4.73. The molecule has 0 amide bonds. The highest BCUT2D eigenvalue weighted by Gasteiger charge is 1.97. The summed E-state index contributed by atoms with van der Waals surface area (Å²) in [5.41, 5.74) is 3.28. The first-order chi connectivity index (χ1) is 6.61. The Labute approximate surface area is 89.9 Å². The largest absolute Gasteiger partial charge is 0.366 e. The lowest BCUT2D eigenvalue weighted by molar-refractivity contribution is 0.881. The van der Waals surface area contributed by atoms with E-state index in [1.807, 2.05) is 13.8 Å². The maximum atomic E-state index is 4.98. The molecule has 2 N–H and O–H groups in total. The number of nitrogens with zero attached hydrogens (tertiary/aromatic N) is 1. The van der Waals surface area contributed by atoms with Gasteiger partial charge in [0.05, 0.1) is 0 Å². The number of hydrogen-bond donors (Lipinski definition) is 2. The smallest absolute Gasteiger partial charge is 0.166 e. The summed E-state index contributed by atoms with van der Waals surface area (Å²) >= 11 is 4.98. The van der Waals surface area contributed by atoms with Gasteiger partial charge in [0.2, 0.25) is 0 Å². The molecule has 1 heterocycles. The van der Waals surface area contributed by atoms with Crippen molar-refractivity contribution in [3.8, 4) is 0 Å². The lowest BCUT2D eigenvalue weighted by Crippen LogP contribution is -2.31. The van der Waals surface area contributed by atoms with Crippen LogP contribution in [0.1, 0.15) is 17.0 Å². The fourth-order valence-electron chi connectivity index (χ4n) is 1.29. The van der Waals surface area contributed by atoms with E-state index in [-0.39, 0.29) is 0 Å². The molecule has 0 spiro atoms. The maximum Gasteiger partial charge on any atom is 0.166 e. The predicted octanol–water partition coefficient (Wildman–Crippen LogP) is 1.29. The van der Waals surface area contributed by atoms with Crippen molar-refractivity contribution in [3.63, 3.8) is 0 Å². The number of thiocarbonyl (C=S) groups is 1. The Balaban J connectivity index is 2.63. The summed E-state index contributed by atoms with van der Waals surface area (Å²) in [6, 6.07) is 4.11. The number of aromatic nitrogens is 1. The third-order valence-electron chi connectivity index (χ3n) is 1.82. The molecule has 0 aromatic carbocycles. The summed E-state index contributed by atoms with van der Waals surface area (Å²) in [5.74, 6) is 0. The molecule has 0 unspecified atom stereocenters. The fourth-order valence-corrected chi connectivity index (χ4v) is 1.37. The van der Waals surface area contributed by atoms with E-state index in [0.29, 0.717) is 5.11 Å². The zero-order chi connectivity index (χ0) is 10.6. The highest BCUT2D eigenvalue weighted by Crippen LogP contribution is 2.04. The third-order valence-corrected chi connectivity index (χ3v) is 2.17. The van der Waals surface area contributed by atoms with Gasteiger partial charge in [-0.1, -0.05) is 0 Å². The third kappa shape index (κ3) is 3.30. The first kappa shape index (κ1) is 10.9. The second-order valence-corrected chi connectivity index (χ2v) is 3.60. The average Bonchev–Trinajstić information content (AvgIpc) is 2.12. The van der Waals surface area contributed by atoms with Crippen molar-refractivity contribution in [2.45, 2.75) is 20.4 Å². The molecule has 14 heavy (non-hydrogen) atoms. The van der Waals surface area contributed by atoms with Gasteiger partial charge in [-0.2, -0.15) is 0 Å². The van der Waals surface area contributed by atoms with Crippen molar-refractivity contribution in [2.24, 2.45) is 0 Å². The van der Waals surface area contributed by atoms with Gasteiger partial charge >= 0.3 is 0 Å². The van der Waals surface area contributed by atoms with Crippen molar-refractivity contribution < 1.29 is 0 Å². The highest BCUT2D eigenvalue weighted by atomic mass is 32.1. The number of hydrogen-bond acceptors (Lipinski definition) is 2. The second kappa shape index (κ2) is 4.91. The molecule has 0 atom stereocenters. The molecule has 0 aliphatic carbocycles. The molecule has 1 aromatic rings. The molecule has 76 valence electrons. The van der Waals surface area contributed by atoms with Crippen molar-refractivity contribution in [2.75, 3.05) is 7.05 Å². The predicted molar refractivity (Wildman–Crippen MR) is 62.2 cm³/mol. The Morgan fingerprint density at radius 3 is 2.43 bits per heavy atom. The maximum absolute atomic E-state index is 4.98. The van der Waals surface area contributed by atoms with Gasteiger partial charge in [-0.05, 0) is 43.8 Å². The molecule has 0 aliphatic heterocycles. The molecule has 3 nitrogen and oxygen atoms in total. The normalized spacial score (nSPS) is 9.64. The van der Waals surface area contributed by atoms with E-state index in [2.05, 4.69) is 27.8 Å². The minimum absolute atomic E-state index is 0.664. The van der Waals surface area contributed by atoms with Crippen LogP contribution < -0.4 is 10.6 Å². The average molecular weight is 209 g/mol. The van der Waals surface area contributed by atoms with Crippen molar-refractivity contribution in [1.29, 1.82) is 0 Å². The zero-order valence-electron chi connectivity index (χ0n) is 8.72. The van der Waals surface area contributed by atoms with Gasteiger partial charge in [0.15, 0.2) is 5.11 Å². The standard InChI is InChI=1S/C10H15N3S/c1-7-4-9(5-8(2)13-7)6-12-10(14)11-3/h4-5H,6H2,1-3H3,(H2,11,12,14). The number of aryl methyl sites for hydroxylation is 2. The first-order valence-corrected chi connectivity index (χ1v) is 4.92. The molecule has 0 fully saturated rings. The number of nitrogens with one attached hydrogen (secondary N) is 2. The lowest BCUT2D eigenvalue weighted by Gasteiger charge is -2.08. The van der Waals surface area contributed by atoms with Crippen molar-refractivity contribution in [3.05, 3.63) is 29.1 Å². The Morgan fingerprint density at radius 1 is 1.36 bits per heavy atom. The van der Waals surface area contributed by atoms with Gasteiger partial charge in [0.25, 0.3) is 0 Å². The van der Waals surface area contributed by atoms with Crippen LogP contribution in [0.5, 0.6) is 0 Å². The van der Waals surface area contributed by atoms with E-state index in [0.717, 1.165) is 17.9 Å². The molecule has 0 aliphatic rings. The van der Waals surface area contributed by atoms with Crippen molar-refractivity contribution in [1.82, 2.24) is 15.6 Å². The Morgan fingerprint density at radius 2 is 1.93 bits per heavy atom. The Bertz CT molecular complexity index is 316. The molecule has 1 rings (SSSR count). The highest BCUT2D eigenvalue weighted by molar-refractivity contribution is 7.80. The molecule has 0 radical (unpaired) electrons. The van der Waals surface area contributed by atoms with Crippen LogP contribution in [0.4, 0.5) is 0 Å². The Kier molecular flexibility index (Phi) is 3.83. The minimum atomic E-state index is 0.664. The molecular formula is C10H15N3S. The van der Waals surface area contributed by atoms with E-state index < -0.39 is 0 Å². The van der Waals surface area contributed by atoms with E-state index in [1.54, 1.807) is 7.05 Å². The Hall–Kier alpha value is -1.16. The van der Waals surface area contributed by atoms with Crippen LogP contribution in [0.25, 0.3) is 0 Å². The van der Waals surface area contributed by atoms with Gasteiger partial charge in [-0.25, -0.2) is 0 Å². The van der Waals surface area contributed by atoms with Crippen LogP contribution >= 0.6 is 12.2 Å². The molecule has 1 aromatic heterocycles. The molecule has 0 saturated carbocycles. The number of rotatable bonds is 2.